The number of benzene rings is 1. The molecule has 0 saturated carbocycles. The molecule has 4 nitrogen and oxygen atoms in total. The highest BCUT2D eigenvalue weighted by Gasteiger charge is 1.97. The molecular formula is C13H11N3OS. The van der Waals surface area contributed by atoms with E-state index in [4.69, 9.17) is 4.74 Å². The van der Waals surface area contributed by atoms with Gasteiger partial charge in [-0.3, -0.25) is 0 Å². The molecule has 18 heavy (non-hydrogen) atoms. The van der Waals surface area contributed by atoms with Gasteiger partial charge in [-0.15, -0.1) is 0 Å². The fourth-order valence-electron chi connectivity index (χ4n) is 1.40. The van der Waals surface area contributed by atoms with E-state index in [2.05, 4.69) is 32.7 Å². The summed E-state index contributed by atoms with van der Waals surface area (Å²) >= 11 is 4.52. The predicted molar refractivity (Wildman–Crippen MR) is 75.2 cm³/mol. The van der Waals surface area contributed by atoms with Gasteiger partial charge < -0.3 is 10.1 Å². The lowest BCUT2D eigenvalue weighted by molar-refractivity contribution is 0.415. The van der Waals surface area contributed by atoms with Gasteiger partial charge in [-0.25, -0.2) is 4.98 Å². The Morgan fingerprint density at radius 2 is 2.00 bits per heavy atom. The molecule has 0 aliphatic carbocycles. The number of pyridine rings is 1. The van der Waals surface area contributed by atoms with Crippen molar-refractivity contribution < 1.29 is 4.74 Å². The van der Waals surface area contributed by atoms with Gasteiger partial charge >= 0.3 is 0 Å². The number of ether oxygens (including phenoxy) is 1. The van der Waals surface area contributed by atoms with Crippen molar-refractivity contribution in [2.75, 3.05) is 12.4 Å². The van der Waals surface area contributed by atoms with Gasteiger partial charge in [0.05, 0.1) is 24.2 Å². The molecule has 0 unspecified atom stereocenters. The summed E-state index contributed by atoms with van der Waals surface area (Å²) in [4.78, 5) is 8.05. The van der Waals surface area contributed by atoms with Crippen molar-refractivity contribution in [1.82, 2.24) is 4.98 Å². The van der Waals surface area contributed by atoms with Crippen LogP contribution in [0.4, 0.5) is 17.2 Å². The Bertz CT molecular complexity index is 560. The van der Waals surface area contributed by atoms with Gasteiger partial charge in [0.1, 0.15) is 11.6 Å². The highest BCUT2D eigenvalue weighted by molar-refractivity contribution is 7.78. The number of methoxy groups -OCH3 is 1. The van der Waals surface area contributed by atoms with Crippen LogP contribution < -0.4 is 10.1 Å². The van der Waals surface area contributed by atoms with Gasteiger partial charge in [0.25, 0.3) is 0 Å². The summed E-state index contributed by atoms with van der Waals surface area (Å²) in [6.45, 7) is 0. The van der Waals surface area contributed by atoms with Gasteiger partial charge in [-0.2, -0.15) is 4.99 Å². The van der Waals surface area contributed by atoms with Crippen molar-refractivity contribution in [1.29, 1.82) is 0 Å². The van der Waals surface area contributed by atoms with E-state index in [1.54, 1.807) is 13.3 Å². The van der Waals surface area contributed by atoms with Gasteiger partial charge in [0, 0.05) is 5.69 Å². The molecule has 0 spiro atoms. The Morgan fingerprint density at radius 1 is 1.22 bits per heavy atom. The quantitative estimate of drug-likeness (QED) is 0.672. The molecule has 2 rings (SSSR count). The van der Waals surface area contributed by atoms with Gasteiger partial charge in [0.15, 0.2) is 0 Å². The van der Waals surface area contributed by atoms with Crippen LogP contribution in [0.2, 0.25) is 0 Å². The van der Waals surface area contributed by atoms with Crippen molar-refractivity contribution in [3.63, 3.8) is 0 Å². The molecule has 0 radical (unpaired) electrons. The van der Waals surface area contributed by atoms with E-state index >= 15 is 0 Å². The summed E-state index contributed by atoms with van der Waals surface area (Å²) in [5.74, 6) is 1.56. The molecule has 90 valence electrons. The minimum absolute atomic E-state index is 0.685. The SMILES string of the molecule is COc1ccc(Nc2ccc(N=C=S)cn2)cc1. The summed E-state index contributed by atoms with van der Waals surface area (Å²) in [6.07, 6.45) is 1.63. The molecule has 2 aromatic rings. The zero-order valence-corrected chi connectivity index (χ0v) is 10.6. The third kappa shape index (κ3) is 3.13. The third-order valence-electron chi connectivity index (χ3n) is 2.29. The number of isothiocyanates is 1. The Hall–Kier alpha value is -2.23. The first-order valence-corrected chi connectivity index (χ1v) is 5.67. The van der Waals surface area contributed by atoms with Crippen LogP contribution >= 0.6 is 12.2 Å². The minimum atomic E-state index is 0.685. The number of nitrogens with one attached hydrogen (secondary N) is 1. The average Bonchev–Trinajstić information content (AvgIpc) is 2.42. The van der Waals surface area contributed by atoms with E-state index < -0.39 is 0 Å². The van der Waals surface area contributed by atoms with Gasteiger partial charge in [0.2, 0.25) is 0 Å². The summed E-state index contributed by atoms with van der Waals surface area (Å²) in [6, 6.07) is 11.3. The second kappa shape index (κ2) is 5.91. The van der Waals surface area contributed by atoms with Crippen LogP contribution in [0, 0.1) is 0 Å². The molecule has 5 heteroatoms. The lowest BCUT2D eigenvalue weighted by atomic mass is 10.3. The smallest absolute Gasteiger partial charge is 0.130 e. The summed E-state index contributed by atoms with van der Waals surface area (Å²) in [7, 11) is 1.64. The largest absolute Gasteiger partial charge is 0.497 e. The van der Waals surface area contributed by atoms with E-state index in [1.165, 1.54) is 0 Å². The number of nitrogens with zero attached hydrogens (tertiary/aromatic N) is 2. The molecule has 0 fully saturated rings. The van der Waals surface area contributed by atoms with E-state index in [0.717, 1.165) is 17.3 Å². The highest BCUT2D eigenvalue weighted by Crippen LogP contribution is 2.19. The van der Waals surface area contributed by atoms with Crippen LogP contribution in [0.3, 0.4) is 0 Å². The number of hydrogen-bond acceptors (Lipinski definition) is 5. The van der Waals surface area contributed by atoms with Crippen molar-refractivity contribution in [2.45, 2.75) is 0 Å². The fraction of sp³-hybridized carbons (Fsp3) is 0.0769. The average molecular weight is 257 g/mol. The minimum Gasteiger partial charge on any atom is -0.497 e. The van der Waals surface area contributed by atoms with Crippen LogP contribution in [-0.4, -0.2) is 17.3 Å². The number of rotatable bonds is 4. The zero-order chi connectivity index (χ0) is 12.8. The maximum atomic E-state index is 5.09. The molecule has 0 aliphatic heterocycles. The van der Waals surface area contributed by atoms with Gasteiger partial charge in [-0.05, 0) is 48.6 Å². The Morgan fingerprint density at radius 3 is 2.56 bits per heavy atom. The molecule has 1 aromatic carbocycles. The molecule has 1 N–H and O–H groups in total. The molecule has 0 bridgehead atoms. The van der Waals surface area contributed by atoms with E-state index in [9.17, 15) is 0 Å². The highest BCUT2D eigenvalue weighted by atomic mass is 32.1. The molecule has 0 amide bonds. The molecule has 0 saturated heterocycles. The van der Waals surface area contributed by atoms with E-state index in [0.29, 0.717) is 5.69 Å². The van der Waals surface area contributed by atoms with E-state index in [1.807, 2.05) is 36.4 Å². The predicted octanol–water partition coefficient (Wildman–Crippen LogP) is 3.57. The normalized spacial score (nSPS) is 9.39. The number of hydrogen-bond donors (Lipinski definition) is 1. The Labute approximate surface area is 110 Å². The maximum absolute atomic E-state index is 5.09. The summed E-state index contributed by atoms with van der Waals surface area (Å²) in [5, 5.41) is 5.47. The molecule has 1 aromatic heterocycles. The maximum Gasteiger partial charge on any atom is 0.130 e. The van der Waals surface area contributed by atoms with Crippen LogP contribution in [0.15, 0.2) is 47.6 Å². The van der Waals surface area contributed by atoms with Crippen LogP contribution in [0.1, 0.15) is 0 Å². The number of aromatic nitrogens is 1. The van der Waals surface area contributed by atoms with Crippen LogP contribution in [0.5, 0.6) is 5.75 Å². The lowest BCUT2D eigenvalue weighted by Gasteiger charge is -2.06. The number of thiocarbonyl (C=S) groups is 1. The molecule has 0 aliphatic rings. The summed E-state index contributed by atoms with van der Waals surface area (Å²) in [5.41, 5.74) is 1.62. The number of aliphatic imine (C=N–C) groups is 1. The summed E-state index contributed by atoms with van der Waals surface area (Å²) < 4.78 is 5.09. The third-order valence-corrected chi connectivity index (χ3v) is 2.38. The van der Waals surface area contributed by atoms with Gasteiger partial charge in [-0.1, -0.05) is 0 Å². The second-order valence-electron chi connectivity index (χ2n) is 3.46. The number of anilines is 2. The fourth-order valence-corrected chi connectivity index (χ4v) is 1.51. The van der Waals surface area contributed by atoms with Crippen molar-refractivity contribution in [3.8, 4) is 5.75 Å². The van der Waals surface area contributed by atoms with E-state index in [-0.39, 0.29) is 0 Å². The first-order chi connectivity index (χ1) is 8.81. The first-order valence-electron chi connectivity index (χ1n) is 5.27. The molecule has 0 atom stereocenters. The lowest BCUT2D eigenvalue weighted by Crippen LogP contribution is -1.92. The van der Waals surface area contributed by atoms with Crippen molar-refractivity contribution in [2.24, 2.45) is 4.99 Å². The van der Waals surface area contributed by atoms with Crippen molar-refractivity contribution in [3.05, 3.63) is 42.6 Å². The Kier molecular flexibility index (Phi) is 4.02. The standard InChI is InChI=1S/C13H11N3OS/c1-17-12-5-2-10(3-6-12)16-13-7-4-11(8-14-13)15-9-18/h2-8H,1H3,(H,14,16). The van der Waals surface area contributed by atoms with Crippen molar-refractivity contribution >= 4 is 34.6 Å². The topological polar surface area (TPSA) is 46.5 Å². The van der Waals surface area contributed by atoms with Crippen LogP contribution in [-0.2, 0) is 0 Å². The second-order valence-corrected chi connectivity index (χ2v) is 3.64. The van der Waals surface area contributed by atoms with Crippen LogP contribution in [0.25, 0.3) is 0 Å². The molecular weight excluding hydrogens is 246 g/mol. The Balaban J connectivity index is 2.10. The molecule has 1 heterocycles. The monoisotopic (exact) mass is 257 g/mol. The zero-order valence-electron chi connectivity index (χ0n) is 9.75. The first kappa shape index (κ1) is 12.2.